The van der Waals surface area contributed by atoms with Crippen LogP contribution in [0.2, 0.25) is 0 Å². The van der Waals surface area contributed by atoms with Gasteiger partial charge >= 0.3 is 5.97 Å². The molecule has 4 aromatic rings. The lowest BCUT2D eigenvalue weighted by Crippen LogP contribution is -2.34. The molecule has 2 aliphatic rings. The molecule has 2 aliphatic carbocycles. The number of nitrogens with zero attached hydrogens (tertiary/aromatic N) is 3. The van der Waals surface area contributed by atoms with E-state index in [1.54, 1.807) is 18.3 Å². The SMILES string of the molecule is CC1(C)CCC(C)(C)c2cc3c(cc21)CCc1c(-c2ccc(C(=O)O)cc2)nn(Cc2cccnc2)c1-3. The van der Waals surface area contributed by atoms with E-state index in [0.29, 0.717) is 6.54 Å². The minimum Gasteiger partial charge on any atom is -0.478 e. The van der Waals surface area contributed by atoms with Crippen molar-refractivity contribution in [1.82, 2.24) is 14.8 Å². The molecule has 2 aromatic heterocycles. The highest BCUT2D eigenvalue weighted by Gasteiger charge is 2.39. The topological polar surface area (TPSA) is 68.0 Å². The number of aryl methyl sites for hydroxylation is 1. The summed E-state index contributed by atoms with van der Waals surface area (Å²) in [4.78, 5) is 15.7. The molecule has 5 nitrogen and oxygen atoms in total. The van der Waals surface area contributed by atoms with Gasteiger partial charge in [0.25, 0.3) is 0 Å². The number of carbonyl (C=O) groups is 1. The first-order valence-electron chi connectivity index (χ1n) is 13.1. The zero-order chi connectivity index (χ0) is 25.9. The monoisotopic (exact) mass is 491 g/mol. The first-order valence-corrected chi connectivity index (χ1v) is 13.1. The molecule has 188 valence electrons. The number of benzene rings is 2. The summed E-state index contributed by atoms with van der Waals surface area (Å²) in [6.07, 6.45) is 7.96. The third-order valence-electron chi connectivity index (χ3n) is 8.49. The van der Waals surface area contributed by atoms with Crippen LogP contribution in [0, 0.1) is 0 Å². The maximum Gasteiger partial charge on any atom is 0.335 e. The molecule has 6 rings (SSSR count). The first-order chi connectivity index (χ1) is 17.6. The summed E-state index contributed by atoms with van der Waals surface area (Å²) < 4.78 is 2.14. The third kappa shape index (κ3) is 3.97. The van der Waals surface area contributed by atoms with Gasteiger partial charge in [0.05, 0.1) is 23.5 Å². The fourth-order valence-corrected chi connectivity index (χ4v) is 6.16. The Hall–Kier alpha value is -3.73. The van der Waals surface area contributed by atoms with Gasteiger partial charge in [0.15, 0.2) is 0 Å². The first kappa shape index (κ1) is 23.7. The number of carboxylic acids is 1. The van der Waals surface area contributed by atoms with E-state index in [4.69, 9.17) is 5.10 Å². The highest BCUT2D eigenvalue weighted by molar-refractivity contribution is 5.88. The van der Waals surface area contributed by atoms with Gasteiger partial charge in [-0.1, -0.05) is 52.0 Å². The summed E-state index contributed by atoms with van der Waals surface area (Å²) in [7, 11) is 0. The molecule has 0 amide bonds. The minimum absolute atomic E-state index is 0.126. The smallest absolute Gasteiger partial charge is 0.335 e. The van der Waals surface area contributed by atoms with Crippen molar-refractivity contribution < 1.29 is 9.90 Å². The summed E-state index contributed by atoms with van der Waals surface area (Å²) in [6, 6.07) is 16.1. The summed E-state index contributed by atoms with van der Waals surface area (Å²) in [6.45, 7) is 10.1. The number of hydrogen-bond acceptors (Lipinski definition) is 3. The Morgan fingerprint density at radius 2 is 1.68 bits per heavy atom. The van der Waals surface area contributed by atoms with Gasteiger partial charge in [0.2, 0.25) is 0 Å². The fourth-order valence-electron chi connectivity index (χ4n) is 6.16. The van der Waals surface area contributed by atoms with Gasteiger partial charge in [0.1, 0.15) is 0 Å². The molecule has 0 unspecified atom stereocenters. The molecular weight excluding hydrogens is 458 g/mol. The number of pyridine rings is 1. The van der Waals surface area contributed by atoms with Gasteiger partial charge < -0.3 is 5.11 Å². The van der Waals surface area contributed by atoms with E-state index in [0.717, 1.165) is 29.7 Å². The average molecular weight is 492 g/mol. The van der Waals surface area contributed by atoms with Gasteiger partial charge in [-0.25, -0.2) is 4.79 Å². The maximum atomic E-state index is 11.4. The second kappa shape index (κ2) is 8.41. The standard InChI is InChI=1S/C32H33N3O2/c1-31(2)13-14-32(3,4)27-17-25-23(16-26(27)31)11-12-24-28(21-7-9-22(10-8-21)30(36)37)34-35(29(24)25)19-20-6-5-15-33-18-20/h5-10,15-18H,11-14,19H2,1-4H3,(H,36,37). The number of aromatic carboxylic acids is 1. The number of fused-ring (bicyclic) bond motifs is 4. The van der Waals surface area contributed by atoms with Gasteiger partial charge in [-0.05, 0) is 83.0 Å². The average Bonchev–Trinajstić information content (AvgIpc) is 3.25. The number of rotatable bonds is 4. The Morgan fingerprint density at radius 1 is 0.973 bits per heavy atom. The van der Waals surface area contributed by atoms with Crippen LogP contribution in [0.1, 0.15) is 78.7 Å². The molecule has 2 heterocycles. The molecule has 37 heavy (non-hydrogen) atoms. The maximum absolute atomic E-state index is 11.4. The summed E-state index contributed by atoms with van der Waals surface area (Å²) in [5.41, 5.74) is 11.7. The molecule has 2 aromatic carbocycles. The normalized spacial score (nSPS) is 17.0. The van der Waals surface area contributed by atoms with Crippen LogP contribution >= 0.6 is 0 Å². The molecular formula is C32H33N3O2. The van der Waals surface area contributed by atoms with Crippen LogP contribution in [0.4, 0.5) is 0 Å². The van der Waals surface area contributed by atoms with Gasteiger partial charge in [-0.15, -0.1) is 0 Å². The Balaban J connectivity index is 1.56. The Morgan fingerprint density at radius 3 is 2.32 bits per heavy atom. The zero-order valence-corrected chi connectivity index (χ0v) is 22.0. The number of aromatic nitrogens is 3. The van der Waals surface area contributed by atoms with Crippen LogP contribution in [-0.4, -0.2) is 25.8 Å². The van der Waals surface area contributed by atoms with Gasteiger partial charge in [-0.3, -0.25) is 9.67 Å². The van der Waals surface area contributed by atoms with Gasteiger partial charge in [-0.2, -0.15) is 5.10 Å². The zero-order valence-electron chi connectivity index (χ0n) is 22.0. The summed E-state index contributed by atoms with van der Waals surface area (Å²) in [5.74, 6) is -0.917. The lowest BCUT2D eigenvalue weighted by molar-refractivity contribution is 0.0697. The van der Waals surface area contributed by atoms with E-state index in [2.05, 4.69) is 55.6 Å². The van der Waals surface area contributed by atoms with Crippen LogP contribution in [-0.2, 0) is 30.2 Å². The molecule has 0 atom stereocenters. The van der Waals surface area contributed by atoms with Crippen molar-refractivity contribution in [3.8, 4) is 22.5 Å². The van der Waals surface area contributed by atoms with E-state index in [-0.39, 0.29) is 16.4 Å². The van der Waals surface area contributed by atoms with Crippen LogP contribution in [0.5, 0.6) is 0 Å². The largest absolute Gasteiger partial charge is 0.478 e. The lowest BCUT2D eigenvalue weighted by atomic mass is 9.62. The lowest BCUT2D eigenvalue weighted by Gasteiger charge is -2.43. The molecule has 0 bridgehead atoms. The van der Waals surface area contributed by atoms with E-state index in [1.807, 2.05) is 24.4 Å². The molecule has 0 fully saturated rings. The predicted molar refractivity (Wildman–Crippen MR) is 146 cm³/mol. The Kier molecular flexibility index (Phi) is 5.37. The van der Waals surface area contributed by atoms with E-state index < -0.39 is 5.97 Å². The highest BCUT2D eigenvalue weighted by Crippen LogP contribution is 2.49. The molecule has 0 saturated carbocycles. The van der Waals surface area contributed by atoms with E-state index in [1.165, 1.54) is 46.4 Å². The molecule has 0 aliphatic heterocycles. The molecule has 0 radical (unpaired) electrons. The quantitative estimate of drug-likeness (QED) is 0.341. The van der Waals surface area contributed by atoms with Crippen molar-refractivity contribution in [3.63, 3.8) is 0 Å². The van der Waals surface area contributed by atoms with Gasteiger partial charge in [0, 0.05) is 29.1 Å². The van der Waals surface area contributed by atoms with Crippen molar-refractivity contribution >= 4 is 5.97 Å². The van der Waals surface area contributed by atoms with Crippen LogP contribution in [0.15, 0.2) is 60.9 Å². The Labute approximate surface area is 218 Å². The van der Waals surface area contributed by atoms with Crippen LogP contribution in [0.3, 0.4) is 0 Å². The minimum atomic E-state index is -0.917. The van der Waals surface area contributed by atoms with Crippen LogP contribution in [0.25, 0.3) is 22.5 Å². The van der Waals surface area contributed by atoms with Crippen LogP contribution < -0.4 is 0 Å². The van der Waals surface area contributed by atoms with E-state index in [9.17, 15) is 9.90 Å². The van der Waals surface area contributed by atoms with Crippen molar-refractivity contribution in [1.29, 1.82) is 0 Å². The molecule has 5 heteroatoms. The summed E-state index contributed by atoms with van der Waals surface area (Å²) in [5, 5.41) is 14.5. The van der Waals surface area contributed by atoms with Crippen molar-refractivity contribution in [2.45, 2.75) is 70.8 Å². The van der Waals surface area contributed by atoms with E-state index >= 15 is 0 Å². The molecule has 1 N–H and O–H groups in total. The van der Waals surface area contributed by atoms with Crippen molar-refractivity contribution in [2.24, 2.45) is 0 Å². The Bertz CT molecular complexity index is 1510. The second-order valence-corrected chi connectivity index (χ2v) is 11.9. The van der Waals surface area contributed by atoms with Crippen molar-refractivity contribution in [2.75, 3.05) is 0 Å². The summed E-state index contributed by atoms with van der Waals surface area (Å²) >= 11 is 0. The number of hydrogen-bond donors (Lipinski definition) is 1. The predicted octanol–water partition coefficient (Wildman–Crippen LogP) is 6.81. The number of carboxylic acid groups (broad SMARTS) is 1. The second-order valence-electron chi connectivity index (χ2n) is 11.9. The molecule has 0 spiro atoms. The highest BCUT2D eigenvalue weighted by atomic mass is 16.4. The van der Waals surface area contributed by atoms with Crippen molar-refractivity contribution in [3.05, 3.63) is 94.3 Å². The fraction of sp³-hybridized carbons (Fsp3) is 0.344. The third-order valence-corrected chi connectivity index (χ3v) is 8.49. The molecule has 0 saturated heterocycles.